The van der Waals surface area contributed by atoms with Gasteiger partial charge in [0.05, 0.1) is 6.10 Å². The molecule has 4 heteroatoms. The summed E-state index contributed by atoms with van der Waals surface area (Å²) in [7, 11) is 0. The molecule has 0 aliphatic rings. The number of aliphatic hydroxyl groups excluding tert-OH is 1. The van der Waals surface area contributed by atoms with Crippen LogP contribution < -0.4 is 5.73 Å². The third-order valence-electron chi connectivity index (χ3n) is 0.805. The van der Waals surface area contributed by atoms with Crippen molar-refractivity contribution >= 4 is 5.97 Å². The number of carboxylic acids is 1. The standard InChI is InChI=1S/C4H9NO3/c1-2(6)3(5)4(7)8/h2-3,6H,5H2,1H3,(H,7,8)/t2-,3+/m0/s1/i1+2,2+2,3+2,4+2. The molecule has 0 aliphatic carbocycles. The van der Waals surface area contributed by atoms with E-state index >= 15 is 0 Å². The average molecular weight is 127 g/mol. The van der Waals surface area contributed by atoms with Crippen molar-refractivity contribution in [2.75, 3.05) is 0 Å². The van der Waals surface area contributed by atoms with Crippen molar-refractivity contribution in [1.82, 2.24) is 0 Å². The molecule has 0 fully saturated rings. The van der Waals surface area contributed by atoms with Gasteiger partial charge in [-0.2, -0.15) is 0 Å². The number of aliphatic carboxylic acids is 1. The topological polar surface area (TPSA) is 83.5 Å². The highest BCUT2D eigenvalue weighted by molar-refractivity contribution is 5.73. The van der Waals surface area contributed by atoms with Gasteiger partial charge in [-0.15, -0.1) is 0 Å². The summed E-state index contributed by atoms with van der Waals surface area (Å²) in [6.45, 7) is 1.33. The minimum Gasteiger partial charge on any atom is -0.480 e. The quantitative estimate of drug-likeness (QED) is 0.434. The Hall–Kier alpha value is -0.610. The van der Waals surface area contributed by atoms with Crippen LogP contribution in [0, 0.1) is 0 Å². The van der Waals surface area contributed by atoms with Crippen molar-refractivity contribution in [3.8, 4) is 0 Å². The lowest BCUT2D eigenvalue weighted by molar-refractivity contribution is -0.140. The van der Waals surface area contributed by atoms with E-state index in [1.807, 2.05) is 0 Å². The lowest BCUT2D eigenvalue weighted by Crippen LogP contribution is -2.39. The van der Waals surface area contributed by atoms with Crippen LogP contribution in [0.3, 0.4) is 0 Å². The van der Waals surface area contributed by atoms with Gasteiger partial charge in [-0.3, -0.25) is 4.79 Å². The molecule has 0 bridgehead atoms. The molecule has 0 aromatic heterocycles. The molecular weight excluding hydrogens is 118 g/mol. The summed E-state index contributed by atoms with van der Waals surface area (Å²) in [5, 5.41) is 16.6. The largest absolute Gasteiger partial charge is 0.480 e. The lowest BCUT2D eigenvalue weighted by Gasteiger charge is -2.06. The summed E-state index contributed by atoms with van der Waals surface area (Å²) in [6, 6.07) is -1.16. The first-order valence-corrected chi connectivity index (χ1v) is 2.22. The molecule has 0 saturated carbocycles. The minimum absolute atomic E-state index is 0.979. The first-order chi connectivity index (χ1) is 3.55. The summed E-state index contributed by atoms with van der Waals surface area (Å²) in [5.74, 6) is -1.18. The molecule has 0 saturated heterocycles. The predicted octanol–water partition coefficient (Wildman–Crippen LogP) is -1.22. The monoisotopic (exact) mass is 127 g/mol. The number of hydrogen-bond donors (Lipinski definition) is 3. The Morgan fingerprint density at radius 3 is 2.12 bits per heavy atom. The fourth-order valence-electron chi connectivity index (χ4n) is 0.206. The average Bonchev–Trinajstić information content (AvgIpc) is 1.64. The van der Waals surface area contributed by atoms with Crippen molar-refractivity contribution in [2.45, 2.75) is 19.1 Å². The van der Waals surface area contributed by atoms with E-state index in [0.717, 1.165) is 0 Å². The van der Waals surface area contributed by atoms with E-state index < -0.39 is 18.1 Å². The lowest BCUT2D eigenvalue weighted by atomic mass is 12.0. The van der Waals surface area contributed by atoms with Crippen molar-refractivity contribution in [1.29, 1.82) is 0 Å². The molecule has 0 aromatic rings. The summed E-state index contributed by atoms with van der Waals surface area (Å²) >= 11 is 0. The van der Waals surface area contributed by atoms with Gasteiger partial charge in [0.2, 0.25) is 0 Å². The summed E-state index contributed by atoms with van der Waals surface area (Å²) in [5.41, 5.74) is 4.91. The number of nitrogens with two attached hydrogens (primary N) is 1. The maximum absolute atomic E-state index is 9.86. The van der Waals surface area contributed by atoms with E-state index in [2.05, 4.69) is 0 Å². The molecular formula is C4H9NO3. The predicted molar refractivity (Wildman–Crippen MR) is 27.3 cm³/mol. The van der Waals surface area contributed by atoms with Crippen LogP contribution in [0.4, 0.5) is 0 Å². The Balaban J connectivity index is 3.64. The Bertz CT molecular complexity index is 91.3. The fraction of sp³-hybridized carbons (Fsp3) is 0.750. The van der Waals surface area contributed by atoms with Crippen molar-refractivity contribution in [3.05, 3.63) is 0 Å². The van der Waals surface area contributed by atoms with Gasteiger partial charge in [0.15, 0.2) is 0 Å². The Morgan fingerprint density at radius 1 is 1.75 bits per heavy atom. The highest BCUT2D eigenvalue weighted by atomic mass is 16.7. The van der Waals surface area contributed by atoms with Gasteiger partial charge >= 0.3 is 5.97 Å². The van der Waals surface area contributed by atoms with E-state index in [1.165, 1.54) is 6.92 Å². The second kappa shape index (κ2) is 2.64. The Morgan fingerprint density at radius 2 is 2.12 bits per heavy atom. The Labute approximate surface area is 46.9 Å². The molecule has 0 aliphatic heterocycles. The van der Waals surface area contributed by atoms with Gasteiger partial charge in [0, 0.05) is 0 Å². The van der Waals surface area contributed by atoms with Gasteiger partial charge in [-0.25, -0.2) is 0 Å². The van der Waals surface area contributed by atoms with E-state index in [4.69, 9.17) is 15.9 Å². The molecule has 0 aromatic carbocycles. The molecule has 0 radical (unpaired) electrons. The Kier molecular flexibility index (Phi) is 2.44. The van der Waals surface area contributed by atoms with Crippen molar-refractivity contribution in [2.24, 2.45) is 5.73 Å². The molecule has 0 unspecified atom stereocenters. The zero-order valence-electron chi connectivity index (χ0n) is 4.53. The maximum atomic E-state index is 9.86. The van der Waals surface area contributed by atoms with Crippen LogP contribution in [0.25, 0.3) is 0 Å². The number of hydrogen-bond acceptors (Lipinski definition) is 3. The smallest absolute Gasteiger partial charge is 0.323 e. The molecule has 48 valence electrons. The van der Waals surface area contributed by atoms with Crippen molar-refractivity contribution in [3.63, 3.8) is 0 Å². The van der Waals surface area contributed by atoms with E-state index in [9.17, 15) is 4.79 Å². The van der Waals surface area contributed by atoms with Gasteiger partial charge in [0.25, 0.3) is 0 Å². The van der Waals surface area contributed by atoms with E-state index in [0.29, 0.717) is 0 Å². The molecule has 2 atom stereocenters. The first kappa shape index (κ1) is 7.39. The molecule has 4 N–H and O–H groups in total. The minimum atomic E-state index is -1.18. The van der Waals surface area contributed by atoms with Crippen LogP contribution in [0.15, 0.2) is 0 Å². The normalized spacial score (nSPS) is 17.4. The number of carboxylic acid groups (broad SMARTS) is 1. The van der Waals surface area contributed by atoms with Gasteiger partial charge in [0.1, 0.15) is 6.04 Å². The molecule has 8 heavy (non-hydrogen) atoms. The third kappa shape index (κ3) is 1.90. The summed E-state index contributed by atoms with van der Waals surface area (Å²) in [4.78, 5) is 9.86. The van der Waals surface area contributed by atoms with Gasteiger partial charge < -0.3 is 15.9 Å². The van der Waals surface area contributed by atoms with Gasteiger partial charge in [-0.1, -0.05) is 0 Å². The second-order valence-corrected chi connectivity index (χ2v) is 1.60. The third-order valence-corrected chi connectivity index (χ3v) is 0.805. The maximum Gasteiger partial charge on any atom is 0.323 e. The number of rotatable bonds is 2. The van der Waals surface area contributed by atoms with Crippen molar-refractivity contribution < 1.29 is 15.0 Å². The number of carbonyl (C=O) groups is 1. The molecule has 4 nitrogen and oxygen atoms in total. The van der Waals surface area contributed by atoms with Crippen LogP contribution in [0.5, 0.6) is 0 Å². The molecule has 0 spiro atoms. The second-order valence-electron chi connectivity index (χ2n) is 1.60. The molecule has 0 heterocycles. The van der Waals surface area contributed by atoms with Crippen LogP contribution in [0.2, 0.25) is 0 Å². The summed E-state index contributed by atoms with van der Waals surface area (Å²) in [6.07, 6.45) is -0.979. The van der Waals surface area contributed by atoms with Crippen LogP contribution in [-0.4, -0.2) is 28.3 Å². The fourth-order valence-corrected chi connectivity index (χ4v) is 0.206. The molecule has 0 amide bonds. The summed E-state index contributed by atoms with van der Waals surface area (Å²) < 4.78 is 0. The highest BCUT2D eigenvalue weighted by Gasteiger charge is 2.16. The van der Waals surface area contributed by atoms with Crippen LogP contribution in [-0.2, 0) is 4.79 Å². The zero-order valence-corrected chi connectivity index (χ0v) is 4.53. The zero-order chi connectivity index (χ0) is 6.73. The van der Waals surface area contributed by atoms with Crippen LogP contribution >= 0.6 is 0 Å². The number of aliphatic hydroxyl groups is 1. The molecule has 0 rings (SSSR count). The van der Waals surface area contributed by atoms with E-state index in [-0.39, 0.29) is 0 Å². The highest BCUT2D eigenvalue weighted by Crippen LogP contribution is 1.85. The van der Waals surface area contributed by atoms with Crippen LogP contribution in [0.1, 0.15) is 6.92 Å². The SMILES string of the molecule is [14CH3][14C@H](O)[14C@@H](N)[14C](=O)O. The van der Waals surface area contributed by atoms with E-state index in [1.54, 1.807) is 0 Å². The first-order valence-electron chi connectivity index (χ1n) is 2.22. The van der Waals surface area contributed by atoms with Gasteiger partial charge in [-0.05, 0) is 6.92 Å².